The lowest BCUT2D eigenvalue weighted by molar-refractivity contribution is 0.591. The highest BCUT2D eigenvalue weighted by Gasteiger charge is 2.21. The molecule has 2 rings (SSSR count). The van der Waals surface area contributed by atoms with Gasteiger partial charge in [0.2, 0.25) is 9.84 Å². The Labute approximate surface area is 118 Å². The van der Waals surface area contributed by atoms with Crippen LogP contribution in [0.1, 0.15) is 16.7 Å². The Morgan fingerprint density at radius 3 is 2.63 bits per heavy atom. The SMILES string of the molecule is Cc1ccc(C)c(CS(=O)(=O)c2ncccc2Cl)c1. The van der Waals surface area contributed by atoms with Crippen molar-refractivity contribution in [3.05, 3.63) is 58.2 Å². The molecule has 0 aliphatic heterocycles. The second-order valence-electron chi connectivity index (χ2n) is 4.48. The van der Waals surface area contributed by atoms with E-state index in [1.165, 1.54) is 12.3 Å². The van der Waals surface area contributed by atoms with E-state index in [0.29, 0.717) is 0 Å². The van der Waals surface area contributed by atoms with Crippen molar-refractivity contribution in [2.24, 2.45) is 0 Å². The average molecular weight is 296 g/mol. The van der Waals surface area contributed by atoms with Gasteiger partial charge in [-0.15, -0.1) is 0 Å². The number of aromatic nitrogens is 1. The molecule has 1 heterocycles. The summed E-state index contributed by atoms with van der Waals surface area (Å²) in [5.74, 6) is -0.0861. The predicted octanol–water partition coefficient (Wildman–Crippen LogP) is 3.33. The summed E-state index contributed by atoms with van der Waals surface area (Å²) >= 11 is 5.90. The van der Waals surface area contributed by atoms with Crippen LogP contribution in [0.4, 0.5) is 0 Å². The quantitative estimate of drug-likeness (QED) is 0.872. The van der Waals surface area contributed by atoms with Crippen LogP contribution < -0.4 is 0 Å². The first kappa shape index (κ1) is 14.0. The summed E-state index contributed by atoms with van der Waals surface area (Å²) < 4.78 is 24.7. The van der Waals surface area contributed by atoms with E-state index in [9.17, 15) is 8.42 Å². The Morgan fingerprint density at radius 1 is 1.21 bits per heavy atom. The first-order valence-corrected chi connectivity index (χ1v) is 7.82. The van der Waals surface area contributed by atoms with Crippen molar-refractivity contribution in [2.75, 3.05) is 0 Å². The molecule has 0 saturated carbocycles. The van der Waals surface area contributed by atoms with Crippen molar-refractivity contribution in [3.8, 4) is 0 Å². The lowest BCUT2D eigenvalue weighted by Crippen LogP contribution is -2.08. The van der Waals surface area contributed by atoms with Crippen LogP contribution in [-0.4, -0.2) is 13.4 Å². The van der Waals surface area contributed by atoms with Crippen LogP contribution in [0, 0.1) is 13.8 Å². The fraction of sp³-hybridized carbons (Fsp3) is 0.214. The van der Waals surface area contributed by atoms with E-state index in [2.05, 4.69) is 4.98 Å². The second kappa shape index (κ2) is 5.31. The van der Waals surface area contributed by atoms with Crippen LogP contribution in [0.2, 0.25) is 5.02 Å². The molecule has 0 bridgehead atoms. The molecule has 0 atom stereocenters. The molecule has 0 amide bonds. The maximum atomic E-state index is 12.3. The van der Waals surface area contributed by atoms with Crippen molar-refractivity contribution in [1.82, 2.24) is 4.98 Å². The van der Waals surface area contributed by atoms with Gasteiger partial charge < -0.3 is 0 Å². The molecule has 0 spiro atoms. The minimum absolute atomic E-state index is 0.0578. The largest absolute Gasteiger partial charge is 0.243 e. The van der Waals surface area contributed by atoms with Gasteiger partial charge in [-0.05, 0) is 37.1 Å². The zero-order valence-electron chi connectivity index (χ0n) is 10.7. The van der Waals surface area contributed by atoms with Gasteiger partial charge in [-0.25, -0.2) is 13.4 Å². The molecule has 19 heavy (non-hydrogen) atoms. The number of sulfone groups is 1. The smallest absolute Gasteiger partial charge is 0.201 e. The summed E-state index contributed by atoms with van der Waals surface area (Å²) in [5, 5.41) is 0.102. The van der Waals surface area contributed by atoms with Crippen LogP contribution in [0.15, 0.2) is 41.6 Å². The van der Waals surface area contributed by atoms with E-state index >= 15 is 0 Å². The molecule has 5 heteroatoms. The minimum Gasteiger partial charge on any atom is -0.243 e. The highest BCUT2D eigenvalue weighted by Crippen LogP contribution is 2.23. The molecule has 0 aliphatic rings. The zero-order valence-corrected chi connectivity index (χ0v) is 12.3. The van der Waals surface area contributed by atoms with Gasteiger partial charge in [0.1, 0.15) is 0 Å². The third-order valence-electron chi connectivity index (χ3n) is 2.87. The fourth-order valence-corrected chi connectivity index (χ4v) is 3.75. The normalized spacial score (nSPS) is 11.5. The molecule has 0 unspecified atom stereocenters. The summed E-state index contributed by atoms with van der Waals surface area (Å²) in [6.45, 7) is 3.83. The standard InChI is InChI=1S/C14H14ClNO2S/c1-10-5-6-11(2)12(8-10)9-19(17,18)14-13(15)4-3-7-16-14/h3-8H,9H2,1-2H3. The Bertz CT molecular complexity index is 711. The van der Waals surface area contributed by atoms with E-state index in [4.69, 9.17) is 11.6 Å². The number of benzene rings is 1. The van der Waals surface area contributed by atoms with E-state index < -0.39 is 9.84 Å². The van der Waals surface area contributed by atoms with Crippen LogP contribution in [-0.2, 0) is 15.6 Å². The van der Waals surface area contributed by atoms with Gasteiger partial charge in [0.25, 0.3) is 0 Å². The number of rotatable bonds is 3. The van der Waals surface area contributed by atoms with Crippen molar-refractivity contribution in [1.29, 1.82) is 0 Å². The van der Waals surface area contributed by atoms with Crippen LogP contribution >= 0.6 is 11.6 Å². The molecule has 100 valence electrons. The lowest BCUT2D eigenvalue weighted by Gasteiger charge is -2.09. The van der Waals surface area contributed by atoms with Gasteiger partial charge in [-0.2, -0.15) is 0 Å². The Hall–Kier alpha value is -1.39. The Kier molecular flexibility index (Phi) is 3.92. The molecule has 0 saturated heterocycles. The minimum atomic E-state index is -3.53. The van der Waals surface area contributed by atoms with Gasteiger partial charge >= 0.3 is 0 Å². The van der Waals surface area contributed by atoms with Gasteiger partial charge in [-0.1, -0.05) is 35.4 Å². The molecule has 0 N–H and O–H groups in total. The Balaban J connectivity index is 2.43. The maximum Gasteiger partial charge on any atom is 0.201 e. The number of pyridine rings is 1. The third kappa shape index (κ3) is 3.14. The van der Waals surface area contributed by atoms with Crippen LogP contribution in [0.3, 0.4) is 0 Å². The molecule has 0 fully saturated rings. The van der Waals surface area contributed by atoms with Crippen LogP contribution in [0.25, 0.3) is 0 Å². The van der Waals surface area contributed by atoms with E-state index in [1.807, 2.05) is 32.0 Å². The second-order valence-corrected chi connectivity index (χ2v) is 6.79. The first-order chi connectivity index (χ1) is 8.90. The van der Waals surface area contributed by atoms with Crippen molar-refractivity contribution in [2.45, 2.75) is 24.6 Å². The van der Waals surface area contributed by atoms with Gasteiger partial charge in [0.05, 0.1) is 10.8 Å². The molecular formula is C14H14ClNO2S. The summed E-state index contributed by atoms with van der Waals surface area (Å²) in [5.41, 5.74) is 2.76. The summed E-state index contributed by atoms with van der Waals surface area (Å²) in [7, 11) is -3.53. The predicted molar refractivity (Wildman–Crippen MR) is 76.1 cm³/mol. The van der Waals surface area contributed by atoms with E-state index in [-0.39, 0.29) is 15.8 Å². The highest BCUT2D eigenvalue weighted by atomic mass is 35.5. The molecule has 0 radical (unpaired) electrons. The van der Waals surface area contributed by atoms with Crippen molar-refractivity contribution >= 4 is 21.4 Å². The maximum absolute atomic E-state index is 12.3. The summed E-state index contributed by atoms with van der Waals surface area (Å²) in [6, 6.07) is 8.90. The molecule has 2 aromatic rings. The number of hydrogen-bond donors (Lipinski definition) is 0. The van der Waals surface area contributed by atoms with Gasteiger partial charge in [0, 0.05) is 6.20 Å². The van der Waals surface area contributed by atoms with E-state index in [0.717, 1.165) is 16.7 Å². The molecule has 3 nitrogen and oxygen atoms in total. The van der Waals surface area contributed by atoms with Crippen molar-refractivity contribution in [3.63, 3.8) is 0 Å². The molecular weight excluding hydrogens is 282 g/mol. The third-order valence-corrected chi connectivity index (χ3v) is 4.89. The topological polar surface area (TPSA) is 47.0 Å². The highest BCUT2D eigenvalue weighted by molar-refractivity contribution is 7.90. The average Bonchev–Trinajstić information content (AvgIpc) is 2.34. The summed E-state index contributed by atoms with van der Waals surface area (Å²) in [4.78, 5) is 3.88. The van der Waals surface area contributed by atoms with Gasteiger partial charge in [0.15, 0.2) is 5.03 Å². The summed E-state index contributed by atoms with van der Waals surface area (Å²) in [6.07, 6.45) is 1.43. The number of aryl methyl sites for hydroxylation is 2. The molecule has 0 aliphatic carbocycles. The lowest BCUT2D eigenvalue weighted by atomic mass is 10.1. The van der Waals surface area contributed by atoms with E-state index in [1.54, 1.807) is 6.07 Å². The number of nitrogens with zero attached hydrogens (tertiary/aromatic N) is 1. The first-order valence-electron chi connectivity index (χ1n) is 5.79. The monoisotopic (exact) mass is 295 g/mol. The number of halogens is 1. The molecule has 1 aromatic carbocycles. The fourth-order valence-electron chi connectivity index (χ4n) is 1.83. The number of hydrogen-bond acceptors (Lipinski definition) is 3. The van der Waals surface area contributed by atoms with Gasteiger partial charge in [-0.3, -0.25) is 0 Å². The molecule has 1 aromatic heterocycles. The van der Waals surface area contributed by atoms with Crippen LogP contribution in [0.5, 0.6) is 0 Å². The van der Waals surface area contributed by atoms with Crippen molar-refractivity contribution < 1.29 is 8.42 Å². The zero-order chi connectivity index (χ0) is 14.0. The Morgan fingerprint density at radius 2 is 1.95 bits per heavy atom.